The van der Waals surface area contributed by atoms with Crippen LogP contribution in [0.2, 0.25) is 0 Å². The SMILES string of the molecule is CCCCOCCCNCc1cc(=O)n2ccccc2n1. The van der Waals surface area contributed by atoms with Gasteiger partial charge in [-0.1, -0.05) is 19.4 Å². The van der Waals surface area contributed by atoms with Crippen molar-refractivity contribution in [2.45, 2.75) is 32.7 Å². The Morgan fingerprint density at radius 2 is 2.14 bits per heavy atom. The molecule has 0 radical (unpaired) electrons. The molecule has 0 spiro atoms. The van der Waals surface area contributed by atoms with Gasteiger partial charge in [-0.25, -0.2) is 4.98 Å². The number of nitrogens with one attached hydrogen (secondary N) is 1. The zero-order chi connectivity index (χ0) is 14.9. The molecule has 114 valence electrons. The van der Waals surface area contributed by atoms with Gasteiger partial charge in [0.1, 0.15) is 5.65 Å². The van der Waals surface area contributed by atoms with E-state index < -0.39 is 0 Å². The lowest BCUT2D eigenvalue weighted by atomic mass is 10.3. The molecule has 0 saturated carbocycles. The van der Waals surface area contributed by atoms with E-state index in [1.807, 2.05) is 18.2 Å². The molecule has 2 aromatic rings. The fraction of sp³-hybridized carbons (Fsp3) is 0.500. The van der Waals surface area contributed by atoms with Crippen LogP contribution in [0.1, 0.15) is 31.9 Å². The molecule has 5 heteroatoms. The largest absolute Gasteiger partial charge is 0.381 e. The van der Waals surface area contributed by atoms with Crippen LogP contribution in [0, 0.1) is 0 Å². The van der Waals surface area contributed by atoms with Crippen molar-refractivity contribution < 1.29 is 4.74 Å². The van der Waals surface area contributed by atoms with Crippen LogP contribution in [0.4, 0.5) is 0 Å². The van der Waals surface area contributed by atoms with Crippen LogP contribution >= 0.6 is 0 Å². The highest BCUT2D eigenvalue weighted by atomic mass is 16.5. The van der Waals surface area contributed by atoms with Gasteiger partial charge in [0.05, 0.1) is 5.69 Å². The average Bonchev–Trinajstić information content (AvgIpc) is 2.50. The third-order valence-electron chi connectivity index (χ3n) is 3.21. The van der Waals surface area contributed by atoms with Crippen molar-refractivity contribution in [2.24, 2.45) is 0 Å². The van der Waals surface area contributed by atoms with Crippen LogP contribution in [-0.4, -0.2) is 29.1 Å². The number of hydrogen-bond donors (Lipinski definition) is 1. The summed E-state index contributed by atoms with van der Waals surface area (Å²) < 4.78 is 7.04. The van der Waals surface area contributed by atoms with E-state index >= 15 is 0 Å². The van der Waals surface area contributed by atoms with Crippen LogP contribution in [0.3, 0.4) is 0 Å². The molecule has 0 fully saturated rings. The Morgan fingerprint density at radius 1 is 1.29 bits per heavy atom. The first-order valence-electron chi connectivity index (χ1n) is 7.57. The molecule has 0 atom stereocenters. The van der Waals surface area contributed by atoms with E-state index in [1.54, 1.807) is 16.7 Å². The molecule has 0 amide bonds. The maximum Gasteiger partial charge on any atom is 0.258 e. The van der Waals surface area contributed by atoms with Crippen molar-refractivity contribution in [2.75, 3.05) is 19.8 Å². The van der Waals surface area contributed by atoms with E-state index in [4.69, 9.17) is 4.74 Å². The molecule has 2 rings (SSSR count). The van der Waals surface area contributed by atoms with Crippen molar-refractivity contribution in [3.63, 3.8) is 0 Å². The minimum atomic E-state index is -0.0414. The molecule has 2 aromatic heterocycles. The fourth-order valence-corrected chi connectivity index (χ4v) is 2.06. The second-order valence-corrected chi connectivity index (χ2v) is 5.01. The Bertz CT molecular complexity index is 610. The van der Waals surface area contributed by atoms with Crippen LogP contribution in [0.15, 0.2) is 35.3 Å². The topological polar surface area (TPSA) is 55.6 Å². The number of pyridine rings is 1. The predicted octanol–water partition coefficient (Wildman–Crippen LogP) is 1.99. The van der Waals surface area contributed by atoms with Crippen LogP contribution in [-0.2, 0) is 11.3 Å². The van der Waals surface area contributed by atoms with Gasteiger partial charge in [-0.15, -0.1) is 0 Å². The van der Waals surface area contributed by atoms with Crippen molar-refractivity contribution >= 4 is 5.65 Å². The summed E-state index contributed by atoms with van der Waals surface area (Å²) in [5, 5.41) is 3.29. The monoisotopic (exact) mass is 289 g/mol. The Kier molecular flexibility index (Phi) is 6.37. The first-order valence-corrected chi connectivity index (χ1v) is 7.57. The van der Waals surface area contributed by atoms with E-state index in [0.717, 1.165) is 38.3 Å². The lowest BCUT2D eigenvalue weighted by Gasteiger charge is -2.06. The molecular formula is C16H23N3O2. The summed E-state index contributed by atoms with van der Waals surface area (Å²) in [4.78, 5) is 16.4. The van der Waals surface area contributed by atoms with Crippen LogP contribution in [0.25, 0.3) is 5.65 Å². The molecule has 0 bridgehead atoms. The summed E-state index contributed by atoms with van der Waals surface area (Å²) in [5.41, 5.74) is 1.42. The van der Waals surface area contributed by atoms with Crippen molar-refractivity contribution in [3.05, 3.63) is 46.5 Å². The molecule has 0 aliphatic carbocycles. The number of nitrogens with zero attached hydrogens (tertiary/aromatic N) is 2. The zero-order valence-corrected chi connectivity index (χ0v) is 12.5. The summed E-state index contributed by atoms with van der Waals surface area (Å²) in [6, 6.07) is 7.13. The van der Waals surface area contributed by atoms with Gasteiger partial charge in [0, 0.05) is 32.0 Å². The molecule has 5 nitrogen and oxygen atoms in total. The lowest BCUT2D eigenvalue weighted by Crippen LogP contribution is -2.21. The van der Waals surface area contributed by atoms with E-state index in [1.165, 1.54) is 6.42 Å². The van der Waals surface area contributed by atoms with E-state index in [9.17, 15) is 4.79 Å². The summed E-state index contributed by atoms with van der Waals surface area (Å²) in [5.74, 6) is 0. The maximum atomic E-state index is 11.9. The number of hydrogen-bond acceptors (Lipinski definition) is 4. The van der Waals surface area contributed by atoms with E-state index in [-0.39, 0.29) is 5.56 Å². The normalized spacial score (nSPS) is 11.1. The first-order chi connectivity index (χ1) is 10.3. The number of ether oxygens (including phenoxy) is 1. The van der Waals surface area contributed by atoms with Gasteiger partial charge in [-0.2, -0.15) is 0 Å². The number of fused-ring (bicyclic) bond motifs is 1. The number of aromatic nitrogens is 2. The Labute approximate surface area is 125 Å². The van der Waals surface area contributed by atoms with E-state index in [0.29, 0.717) is 12.2 Å². The maximum absolute atomic E-state index is 11.9. The van der Waals surface area contributed by atoms with Gasteiger partial charge in [-0.3, -0.25) is 9.20 Å². The van der Waals surface area contributed by atoms with Crippen molar-refractivity contribution in [1.82, 2.24) is 14.7 Å². The van der Waals surface area contributed by atoms with Gasteiger partial charge < -0.3 is 10.1 Å². The fourth-order valence-electron chi connectivity index (χ4n) is 2.06. The second-order valence-electron chi connectivity index (χ2n) is 5.01. The summed E-state index contributed by atoms with van der Waals surface area (Å²) in [7, 11) is 0. The quantitative estimate of drug-likeness (QED) is 0.717. The van der Waals surface area contributed by atoms with Gasteiger partial charge >= 0.3 is 0 Å². The van der Waals surface area contributed by atoms with Gasteiger partial charge in [0.25, 0.3) is 5.56 Å². The summed E-state index contributed by atoms with van der Waals surface area (Å²) >= 11 is 0. The third kappa shape index (κ3) is 4.95. The first kappa shape index (κ1) is 15.7. The smallest absolute Gasteiger partial charge is 0.258 e. The average molecular weight is 289 g/mol. The molecule has 0 aliphatic heterocycles. The minimum absolute atomic E-state index is 0.0414. The Morgan fingerprint density at radius 3 is 3.00 bits per heavy atom. The number of unbranched alkanes of at least 4 members (excludes halogenated alkanes) is 1. The van der Waals surface area contributed by atoms with Crippen LogP contribution in [0.5, 0.6) is 0 Å². The molecule has 0 aromatic carbocycles. The van der Waals surface area contributed by atoms with Crippen LogP contribution < -0.4 is 10.9 Å². The molecule has 2 heterocycles. The lowest BCUT2D eigenvalue weighted by molar-refractivity contribution is 0.128. The minimum Gasteiger partial charge on any atom is -0.381 e. The molecular weight excluding hydrogens is 266 g/mol. The van der Waals surface area contributed by atoms with Gasteiger partial charge in [-0.05, 0) is 31.5 Å². The molecule has 0 aliphatic rings. The zero-order valence-electron chi connectivity index (χ0n) is 12.5. The number of rotatable bonds is 9. The highest BCUT2D eigenvalue weighted by Gasteiger charge is 2.01. The molecule has 21 heavy (non-hydrogen) atoms. The molecule has 1 N–H and O–H groups in total. The van der Waals surface area contributed by atoms with Gasteiger partial charge in [0.15, 0.2) is 0 Å². The highest BCUT2D eigenvalue weighted by Crippen LogP contribution is 1.98. The predicted molar refractivity (Wildman–Crippen MR) is 83.5 cm³/mol. The molecule has 0 unspecified atom stereocenters. The van der Waals surface area contributed by atoms with Gasteiger partial charge in [0.2, 0.25) is 0 Å². The van der Waals surface area contributed by atoms with Crippen molar-refractivity contribution in [3.8, 4) is 0 Å². The Hall–Kier alpha value is -1.72. The summed E-state index contributed by atoms with van der Waals surface area (Å²) in [6.07, 6.45) is 4.99. The Balaban J connectivity index is 1.75. The second kappa shape index (κ2) is 8.54. The third-order valence-corrected chi connectivity index (χ3v) is 3.21. The van der Waals surface area contributed by atoms with Crippen molar-refractivity contribution in [1.29, 1.82) is 0 Å². The standard InChI is InChI=1S/C16H23N3O2/c1-2-3-10-21-11-6-8-17-13-14-12-16(20)19-9-5-4-7-15(19)18-14/h4-5,7,9,12,17H,2-3,6,8,10-11,13H2,1H3. The highest BCUT2D eigenvalue weighted by molar-refractivity contribution is 5.37. The van der Waals surface area contributed by atoms with E-state index in [2.05, 4.69) is 17.2 Å². The molecule has 0 saturated heterocycles. The summed E-state index contributed by atoms with van der Waals surface area (Å²) in [6.45, 7) is 5.25.